The second-order valence-corrected chi connectivity index (χ2v) is 7.73. The summed E-state index contributed by atoms with van der Waals surface area (Å²) in [6.45, 7) is 3.73. The van der Waals surface area contributed by atoms with Gasteiger partial charge in [0.15, 0.2) is 5.82 Å². The fourth-order valence-corrected chi connectivity index (χ4v) is 3.32. The van der Waals surface area contributed by atoms with Crippen LogP contribution < -0.4 is 5.32 Å². The van der Waals surface area contributed by atoms with Crippen LogP contribution in [0.4, 0.5) is 0 Å². The van der Waals surface area contributed by atoms with Crippen molar-refractivity contribution in [2.75, 3.05) is 0 Å². The number of hydrogen-bond donors (Lipinski definition) is 2. The van der Waals surface area contributed by atoms with E-state index in [1.165, 1.54) is 18.9 Å². The van der Waals surface area contributed by atoms with Crippen LogP contribution in [-0.4, -0.2) is 33.0 Å². The lowest BCUT2D eigenvalue weighted by atomic mass is 9.89. The first-order valence-electron chi connectivity index (χ1n) is 10.1. The number of benzene rings is 1. The van der Waals surface area contributed by atoms with Gasteiger partial charge in [-0.05, 0) is 49.7 Å². The largest absolute Gasteiger partial charge is 0.480 e. The first-order chi connectivity index (χ1) is 13.9. The van der Waals surface area contributed by atoms with Gasteiger partial charge in [0.25, 0.3) is 0 Å². The van der Waals surface area contributed by atoms with Crippen molar-refractivity contribution in [3.8, 4) is 11.4 Å². The molecule has 3 rings (SSSR count). The Morgan fingerprint density at radius 1 is 1.17 bits per heavy atom. The quantitative estimate of drug-likeness (QED) is 0.745. The summed E-state index contributed by atoms with van der Waals surface area (Å²) in [7, 11) is 0. The molecule has 1 aromatic heterocycles. The van der Waals surface area contributed by atoms with E-state index < -0.39 is 12.0 Å². The number of nitrogens with one attached hydrogen (secondary N) is 1. The van der Waals surface area contributed by atoms with Crippen molar-refractivity contribution in [3.05, 3.63) is 53.9 Å². The Balaban J connectivity index is 1.57. The van der Waals surface area contributed by atoms with Gasteiger partial charge >= 0.3 is 5.97 Å². The zero-order valence-electron chi connectivity index (χ0n) is 16.9. The van der Waals surface area contributed by atoms with Gasteiger partial charge in [0.2, 0.25) is 5.91 Å². The van der Waals surface area contributed by atoms with Crippen LogP contribution in [0, 0.1) is 5.92 Å². The van der Waals surface area contributed by atoms with E-state index in [1.54, 1.807) is 0 Å². The number of rotatable bonds is 7. The predicted molar refractivity (Wildman–Crippen MR) is 112 cm³/mol. The van der Waals surface area contributed by atoms with Crippen molar-refractivity contribution in [1.29, 1.82) is 0 Å². The summed E-state index contributed by atoms with van der Waals surface area (Å²) in [6.07, 6.45) is 10.3. The molecule has 0 saturated carbocycles. The zero-order chi connectivity index (χ0) is 20.8. The molecule has 0 aliphatic heterocycles. The van der Waals surface area contributed by atoms with Gasteiger partial charge in [0.05, 0.1) is 0 Å². The van der Waals surface area contributed by atoms with Gasteiger partial charge in [-0.2, -0.15) is 0 Å². The van der Waals surface area contributed by atoms with Crippen molar-refractivity contribution in [3.63, 3.8) is 0 Å². The van der Waals surface area contributed by atoms with Gasteiger partial charge in [-0.15, -0.1) is 0 Å². The van der Waals surface area contributed by atoms with Gasteiger partial charge in [0, 0.05) is 29.9 Å². The molecular formula is C23H27N3O3. The fraction of sp³-hybridized carbons (Fsp3) is 0.391. The number of carboxylic acids is 1. The summed E-state index contributed by atoms with van der Waals surface area (Å²) in [5, 5.41) is 11.3. The molecule has 2 N–H and O–H groups in total. The molecule has 0 saturated heterocycles. The smallest absolute Gasteiger partial charge is 0.325 e. The highest BCUT2D eigenvalue weighted by Crippen LogP contribution is 2.29. The molecular weight excluding hydrogens is 366 g/mol. The number of carboxylic acid groups (broad SMARTS) is 1. The van der Waals surface area contributed by atoms with Crippen molar-refractivity contribution < 1.29 is 14.7 Å². The molecule has 1 heterocycles. The molecule has 6 nitrogen and oxygen atoms in total. The summed E-state index contributed by atoms with van der Waals surface area (Å²) in [5.74, 6) is 0.125. The van der Waals surface area contributed by atoms with Crippen LogP contribution in [0.25, 0.3) is 17.0 Å². The first kappa shape index (κ1) is 20.7. The SMILES string of the molecule is CC1CC=C(c2cnc(-c3ccc(CCC(=O)NC(C)C(=O)O)cc3)nc2)CC1. The lowest BCUT2D eigenvalue weighted by Crippen LogP contribution is -2.38. The summed E-state index contributed by atoms with van der Waals surface area (Å²) < 4.78 is 0. The minimum atomic E-state index is -1.04. The summed E-state index contributed by atoms with van der Waals surface area (Å²) in [6, 6.07) is 6.92. The van der Waals surface area contributed by atoms with E-state index in [1.807, 2.05) is 36.7 Å². The molecule has 2 unspecified atom stereocenters. The maximum atomic E-state index is 11.8. The predicted octanol–water partition coefficient (Wildman–Crippen LogP) is 3.87. The van der Waals surface area contributed by atoms with Crippen LogP contribution in [0.2, 0.25) is 0 Å². The maximum Gasteiger partial charge on any atom is 0.325 e. The number of aryl methyl sites for hydroxylation is 1. The van der Waals surface area contributed by atoms with Crippen LogP contribution >= 0.6 is 0 Å². The van der Waals surface area contributed by atoms with E-state index in [4.69, 9.17) is 5.11 Å². The topological polar surface area (TPSA) is 92.2 Å². The van der Waals surface area contributed by atoms with E-state index >= 15 is 0 Å². The second kappa shape index (κ2) is 9.45. The van der Waals surface area contributed by atoms with Crippen LogP contribution in [0.15, 0.2) is 42.7 Å². The van der Waals surface area contributed by atoms with Gasteiger partial charge in [-0.25, -0.2) is 9.97 Å². The van der Waals surface area contributed by atoms with Gasteiger partial charge < -0.3 is 10.4 Å². The normalized spacial score (nSPS) is 17.3. The third-order valence-electron chi connectivity index (χ3n) is 5.30. The molecule has 6 heteroatoms. The lowest BCUT2D eigenvalue weighted by Gasteiger charge is -2.18. The number of nitrogens with zero attached hydrogens (tertiary/aromatic N) is 2. The highest BCUT2D eigenvalue weighted by Gasteiger charge is 2.14. The summed E-state index contributed by atoms with van der Waals surface area (Å²) in [4.78, 5) is 31.6. The number of aromatic nitrogens is 2. The van der Waals surface area contributed by atoms with Crippen molar-refractivity contribution in [1.82, 2.24) is 15.3 Å². The minimum Gasteiger partial charge on any atom is -0.480 e. The zero-order valence-corrected chi connectivity index (χ0v) is 16.9. The lowest BCUT2D eigenvalue weighted by molar-refractivity contribution is -0.141. The number of carbonyl (C=O) groups excluding carboxylic acids is 1. The number of amides is 1. The van der Waals surface area contributed by atoms with Crippen molar-refractivity contribution in [2.24, 2.45) is 5.92 Å². The monoisotopic (exact) mass is 393 g/mol. The molecule has 1 aliphatic carbocycles. The second-order valence-electron chi connectivity index (χ2n) is 7.73. The van der Waals surface area contributed by atoms with Gasteiger partial charge in [-0.3, -0.25) is 9.59 Å². The highest BCUT2D eigenvalue weighted by molar-refractivity contribution is 5.83. The molecule has 29 heavy (non-hydrogen) atoms. The number of carbonyl (C=O) groups is 2. The van der Waals surface area contributed by atoms with Crippen molar-refractivity contribution >= 4 is 17.4 Å². The van der Waals surface area contributed by atoms with E-state index in [-0.39, 0.29) is 12.3 Å². The van der Waals surface area contributed by atoms with Crippen LogP contribution in [0.5, 0.6) is 0 Å². The Kier molecular flexibility index (Phi) is 6.75. The molecule has 1 aliphatic rings. The molecule has 152 valence electrons. The summed E-state index contributed by atoms with van der Waals surface area (Å²) in [5.41, 5.74) is 4.36. The fourth-order valence-electron chi connectivity index (χ4n) is 3.32. The number of aliphatic carboxylic acids is 1. The van der Waals surface area contributed by atoms with Crippen LogP contribution in [0.3, 0.4) is 0 Å². The molecule has 2 aromatic rings. The molecule has 1 amide bonds. The van der Waals surface area contributed by atoms with Crippen LogP contribution in [0.1, 0.15) is 50.7 Å². The van der Waals surface area contributed by atoms with E-state index in [0.717, 1.165) is 35.4 Å². The Hall–Kier alpha value is -3.02. The number of hydrogen-bond acceptors (Lipinski definition) is 4. The van der Waals surface area contributed by atoms with Crippen LogP contribution in [-0.2, 0) is 16.0 Å². The highest BCUT2D eigenvalue weighted by atomic mass is 16.4. The molecule has 0 bridgehead atoms. The molecule has 0 radical (unpaired) electrons. The Bertz CT molecular complexity index is 889. The Morgan fingerprint density at radius 3 is 2.45 bits per heavy atom. The van der Waals surface area contributed by atoms with Crippen molar-refractivity contribution in [2.45, 2.75) is 52.0 Å². The summed E-state index contributed by atoms with van der Waals surface area (Å²) >= 11 is 0. The Morgan fingerprint density at radius 2 is 1.86 bits per heavy atom. The van der Waals surface area contributed by atoms with E-state index in [0.29, 0.717) is 12.2 Å². The van der Waals surface area contributed by atoms with Gasteiger partial charge in [0.1, 0.15) is 6.04 Å². The molecule has 0 fully saturated rings. The van der Waals surface area contributed by atoms with E-state index in [9.17, 15) is 9.59 Å². The Labute approximate surface area is 171 Å². The minimum absolute atomic E-state index is 0.246. The molecule has 1 aromatic carbocycles. The maximum absolute atomic E-state index is 11.8. The number of allylic oxidation sites excluding steroid dienone is 2. The average Bonchev–Trinajstić information content (AvgIpc) is 2.73. The third kappa shape index (κ3) is 5.73. The standard InChI is InChI=1S/C23H27N3O3/c1-15-3-8-18(9-4-15)20-13-24-22(25-14-20)19-10-5-17(6-11-19)7-12-21(27)26-16(2)23(28)29/h5-6,8,10-11,13-16H,3-4,7,9,12H2,1-2H3,(H,26,27)(H,28,29). The van der Waals surface area contributed by atoms with E-state index in [2.05, 4.69) is 28.3 Å². The van der Waals surface area contributed by atoms with Gasteiger partial charge in [-0.1, -0.05) is 37.3 Å². The molecule has 0 spiro atoms. The molecule has 2 atom stereocenters. The first-order valence-corrected chi connectivity index (χ1v) is 10.1. The third-order valence-corrected chi connectivity index (χ3v) is 5.30. The average molecular weight is 393 g/mol.